The van der Waals surface area contributed by atoms with Crippen LogP contribution in [0.25, 0.3) is 0 Å². The van der Waals surface area contributed by atoms with Gasteiger partial charge in [0.2, 0.25) is 0 Å². The normalized spacial score (nSPS) is 18.0. The number of likely N-dealkylation sites (tertiary alicyclic amines) is 1. The van der Waals surface area contributed by atoms with E-state index in [4.69, 9.17) is 5.11 Å². The lowest BCUT2D eigenvalue weighted by atomic mass is 9.99. The van der Waals surface area contributed by atoms with Crippen molar-refractivity contribution < 1.29 is 5.11 Å². The van der Waals surface area contributed by atoms with Gasteiger partial charge in [0.05, 0.1) is 11.7 Å². The number of piperidine rings is 1. The molecule has 1 saturated heterocycles. The molecule has 0 spiro atoms. The Morgan fingerprint density at radius 3 is 2.60 bits per heavy atom. The van der Waals surface area contributed by atoms with Crippen LogP contribution in [-0.4, -0.2) is 51.2 Å². The standard InChI is InChI=1S/C15H28N4O/c1-3-13(4-2)11-18-8-5-15(6-9-18)19-12-14(7-10-20)16-17-19/h12-13,15,20H,3-11H2,1-2H3. The van der Waals surface area contributed by atoms with Gasteiger partial charge in [-0.2, -0.15) is 0 Å². The fraction of sp³-hybridized carbons (Fsp3) is 0.867. The molecule has 1 aliphatic rings. The lowest BCUT2D eigenvalue weighted by molar-refractivity contribution is 0.153. The highest BCUT2D eigenvalue weighted by atomic mass is 16.3. The van der Waals surface area contributed by atoms with E-state index >= 15 is 0 Å². The van der Waals surface area contributed by atoms with Crippen LogP contribution in [0.3, 0.4) is 0 Å². The Hall–Kier alpha value is -0.940. The van der Waals surface area contributed by atoms with Gasteiger partial charge >= 0.3 is 0 Å². The minimum Gasteiger partial charge on any atom is -0.396 e. The molecular formula is C15H28N4O. The molecule has 2 heterocycles. The third-order valence-corrected chi connectivity index (χ3v) is 4.53. The van der Waals surface area contributed by atoms with E-state index in [1.807, 2.05) is 10.9 Å². The van der Waals surface area contributed by atoms with Gasteiger partial charge in [0, 0.05) is 38.9 Å². The van der Waals surface area contributed by atoms with Crippen molar-refractivity contribution in [2.45, 2.75) is 52.0 Å². The molecule has 0 aliphatic carbocycles. The van der Waals surface area contributed by atoms with Crippen molar-refractivity contribution in [1.29, 1.82) is 0 Å². The van der Waals surface area contributed by atoms with E-state index in [9.17, 15) is 0 Å². The van der Waals surface area contributed by atoms with Gasteiger partial charge in [-0.3, -0.25) is 0 Å². The summed E-state index contributed by atoms with van der Waals surface area (Å²) in [6.07, 6.45) is 7.48. The van der Waals surface area contributed by atoms with Crippen LogP contribution in [0.2, 0.25) is 0 Å². The summed E-state index contributed by atoms with van der Waals surface area (Å²) >= 11 is 0. The van der Waals surface area contributed by atoms with E-state index in [0.29, 0.717) is 12.5 Å². The lowest BCUT2D eigenvalue weighted by Gasteiger charge is -2.33. The molecule has 5 heteroatoms. The summed E-state index contributed by atoms with van der Waals surface area (Å²) in [6, 6.07) is 0.480. The third-order valence-electron chi connectivity index (χ3n) is 4.53. The molecule has 2 rings (SSSR count). The molecule has 20 heavy (non-hydrogen) atoms. The Labute approximate surface area is 122 Å². The largest absolute Gasteiger partial charge is 0.396 e. The smallest absolute Gasteiger partial charge is 0.0850 e. The maximum atomic E-state index is 8.92. The highest BCUT2D eigenvalue weighted by Gasteiger charge is 2.22. The van der Waals surface area contributed by atoms with Gasteiger partial charge in [-0.25, -0.2) is 4.68 Å². The van der Waals surface area contributed by atoms with Crippen LogP contribution in [-0.2, 0) is 6.42 Å². The molecular weight excluding hydrogens is 252 g/mol. The summed E-state index contributed by atoms with van der Waals surface area (Å²) in [6.45, 7) is 8.30. The average molecular weight is 280 g/mol. The van der Waals surface area contributed by atoms with E-state index in [2.05, 4.69) is 29.1 Å². The zero-order valence-corrected chi connectivity index (χ0v) is 12.8. The van der Waals surface area contributed by atoms with Crippen LogP contribution in [0.4, 0.5) is 0 Å². The number of aromatic nitrogens is 3. The van der Waals surface area contributed by atoms with Crippen LogP contribution < -0.4 is 0 Å². The quantitative estimate of drug-likeness (QED) is 0.828. The van der Waals surface area contributed by atoms with Gasteiger partial charge in [-0.05, 0) is 18.8 Å². The maximum absolute atomic E-state index is 8.92. The van der Waals surface area contributed by atoms with Gasteiger partial charge in [0.1, 0.15) is 0 Å². The van der Waals surface area contributed by atoms with Crippen molar-refractivity contribution in [2.75, 3.05) is 26.2 Å². The van der Waals surface area contributed by atoms with Crippen molar-refractivity contribution >= 4 is 0 Å². The Morgan fingerprint density at radius 1 is 1.30 bits per heavy atom. The van der Waals surface area contributed by atoms with Crippen molar-refractivity contribution in [3.8, 4) is 0 Å². The number of hydrogen-bond acceptors (Lipinski definition) is 4. The third kappa shape index (κ3) is 4.03. The second-order valence-corrected chi connectivity index (χ2v) is 5.88. The summed E-state index contributed by atoms with van der Waals surface area (Å²) in [4.78, 5) is 2.60. The second kappa shape index (κ2) is 7.74. The van der Waals surface area contributed by atoms with Crippen molar-refractivity contribution in [3.05, 3.63) is 11.9 Å². The molecule has 1 aromatic rings. The molecule has 0 saturated carbocycles. The van der Waals surface area contributed by atoms with E-state index in [-0.39, 0.29) is 6.61 Å². The first kappa shape index (κ1) is 15.4. The van der Waals surface area contributed by atoms with E-state index in [1.54, 1.807) is 0 Å². The molecule has 0 unspecified atom stereocenters. The Morgan fingerprint density at radius 2 is 2.00 bits per heavy atom. The molecule has 5 nitrogen and oxygen atoms in total. The first-order valence-electron chi connectivity index (χ1n) is 8.00. The van der Waals surface area contributed by atoms with E-state index in [1.165, 1.54) is 19.4 Å². The van der Waals surface area contributed by atoms with Crippen LogP contribution in [0.15, 0.2) is 6.20 Å². The number of nitrogens with zero attached hydrogens (tertiary/aromatic N) is 4. The molecule has 114 valence electrons. The summed E-state index contributed by atoms with van der Waals surface area (Å²) < 4.78 is 2.00. The fourth-order valence-electron chi connectivity index (χ4n) is 3.00. The highest BCUT2D eigenvalue weighted by Crippen LogP contribution is 2.23. The maximum Gasteiger partial charge on any atom is 0.0850 e. The van der Waals surface area contributed by atoms with E-state index in [0.717, 1.165) is 37.5 Å². The zero-order chi connectivity index (χ0) is 14.4. The highest BCUT2D eigenvalue weighted by molar-refractivity contribution is 4.94. The SMILES string of the molecule is CCC(CC)CN1CCC(n2cc(CCO)nn2)CC1. The summed E-state index contributed by atoms with van der Waals surface area (Å²) in [5.74, 6) is 0.842. The second-order valence-electron chi connectivity index (χ2n) is 5.88. The molecule has 0 atom stereocenters. The fourth-order valence-corrected chi connectivity index (χ4v) is 3.00. The molecule has 0 bridgehead atoms. The molecule has 0 amide bonds. The number of hydrogen-bond donors (Lipinski definition) is 1. The molecule has 1 aliphatic heterocycles. The van der Waals surface area contributed by atoms with Gasteiger partial charge < -0.3 is 10.0 Å². The van der Waals surface area contributed by atoms with Gasteiger partial charge in [-0.15, -0.1) is 5.10 Å². The lowest BCUT2D eigenvalue weighted by Crippen LogP contribution is -2.37. The topological polar surface area (TPSA) is 54.2 Å². The minimum atomic E-state index is 0.145. The summed E-state index contributed by atoms with van der Waals surface area (Å²) in [7, 11) is 0. The Kier molecular flexibility index (Phi) is 5.98. The van der Waals surface area contributed by atoms with Gasteiger partial charge in [0.15, 0.2) is 0 Å². The molecule has 1 N–H and O–H groups in total. The zero-order valence-electron chi connectivity index (χ0n) is 12.8. The van der Waals surface area contributed by atoms with Crippen LogP contribution in [0, 0.1) is 5.92 Å². The van der Waals surface area contributed by atoms with Gasteiger partial charge in [-0.1, -0.05) is 31.9 Å². The van der Waals surface area contributed by atoms with Crippen molar-refractivity contribution in [2.24, 2.45) is 5.92 Å². The first-order chi connectivity index (χ1) is 9.76. The van der Waals surface area contributed by atoms with Crippen molar-refractivity contribution in [1.82, 2.24) is 19.9 Å². The molecule has 1 fully saturated rings. The molecule has 0 radical (unpaired) electrons. The van der Waals surface area contributed by atoms with Crippen LogP contribution >= 0.6 is 0 Å². The number of rotatable bonds is 7. The Bertz CT molecular complexity index is 381. The summed E-state index contributed by atoms with van der Waals surface area (Å²) in [5, 5.41) is 17.2. The number of aliphatic hydroxyl groups is 1. The molecule has 1 aromatic heterocycles. The predicted molar refractivity (Wildman–Crippen MR) is 79.6 cm³/mol. The molecule has 0 aromatic carbocycles. The number of aliphatic hydroxyl groups excluding tert-OH is 1. The van der Waals surface area contributed by atoms with E-state index < -0.39 is 0 Å². The van der Waals surface area contributed by atoms with Crippen LogP contribution in [0.1, 0.15) is 51.3 Å². The monoisotopic (exact) mass is 280 g/mol. The van der Waals surface area contributed by atoms with Crippen molar-refractivity contribution in [3.63, 3.8) is 0 Å². The minimum absolute atomic E-state index is 0.145. The predicted octanol–water partition coefficient (Wildman–Crippen LogP) is 1.89. The first-order valence-corrected chi connectivity index (χ1v) is 8.00. The summed E-state index contributed by atoms with van der Waals surface area (Å²) in [5.41, 5.74) is 0.895. The van der Waals surface area contributed by atoms with Gasteiger partial charge in [0.25, 0.3) is 0 Å². The Balaban J connectivity index is 1.81. The van der Waals surface area contributed by atoms with Crippen LogP contribution in [0.5, 0.6) is 0 Å². The average Bonchev–Trinajstić information content (AvgIpc) is 2.94.